The number of unbranched alkanes of at least 4 members (excludes halogenated alkanes) is 3. The summed E-state index contributed by atoms with van der Waals surface area (Å²) >= 11 is 0. The number of hydrogen-bond acceptors (Lipinski definition) is 3. The molecule has 0 rings (SSSR count). The van der Waals surface area contributed by atoms with Crippen LogP contribution in [0.15, 0.2) is 0 Å². The van der Waals surface area contributed by atoms with Crippen LogP contribution in [0.4, 0.5) is 0 Å². The lowest BCUT2D eigenvalue weighted by Gasteiger charge is -2.30. The molecule has 5 N–H and O–H groups in total. The Bertz CT molecular complexity index is 257. The molecule has 0 saturated carbocycles. The molecule has 0 spiro atoms. The molecule has 0 bridgehead atoms. The Morgan fingerprint density at radius 2 is 1.67 bits per heavy atom. The highest BCUT2D eigenvalue weighted by molar-refractivity contribution is 5.85. The molecular weight excluding hydrogens is 232 g/mol. The van der Waals surface area contributed by atoms with Crippen LogP contribution in [0.25, 0.3) is 0 Å². The molecule has 5 heteroatoms. The first kappa shape index (κ1) is 19.2. The fraction of sp³-hybridized carbons (Fsp3) is 0.846. The Morgan fingerprint density at radius 3 is 2.06 bits per heavy atom. The zero-order valence-corrected chi connectivity index (χ0v) is 11.9. The van der Waals surface area contributed by atoms with Gasteiger partial charge in [-0.1, -0.05) is 46.0 Å². The van der Waals surface area contributed by atoms with E-state index >= 15 is 0 Å². The summed E-state index contributed by atoms with van der Waals surface area (Å²) in [5.41, 5.74) is -1.06. The summed E-state index contributed by atoms with van der Waals surface area (Å²) in [6, 6.07) is 0. The van der Waals surface area contributed by atoms with Crippen LogP contribution in [-0.2, 0) is 9.59 Å². The molecule has 1 atom stereocenters. The van der Waals surface area contributed by atoms with Gasteiger partial charge in [0.2, 0.25) is 5.91 Å². The predicted molar refractivity (Wildman–Crippen MR) is 72.9 cm³/mol. The van der Waals surface area contributed by atoms with Crippen molar-refractivity contribution >= 4 is 11.9 Å². The molecule has 0 aromatic carbocycles. The third kappa shape index (κ3) is 6.59. The Balaban J connectivity index is 0. The Hall–Kier alpha value is -1.10. The molecule has 0 saturated heterocycles. The monoisotopic (exact) mass is 260 g/mol. The summed E-state index contributed by atoms with van der Waals surface area (Å²) in [5, 5.41) is 12.0. The van der Waals surface area contributed by atoms with Crippen molar-refractivity contribution in [3.05, 3.63) is 0 Å². The zero-order valence-electron chi connectivity index (χ0n) is 11.9. The van der Waals surface area contributed by atoms with Crippen molar-refractivity contribution < 1.29 is 14.7 Å². The topological polar surface area (TPSA) is 101 Å². The van der Waals surface area contributed by atoms with E-state index in [0.29, 0.717) is 12.8 Å². The van der Waals surface area contributed by atoms with Crippen LogP contribution in [-0.4, -0.2) is 22.5 Å². The minimum atomic E-state index is -1.06. The lowest BCUT2D eigenvalue weighted by molar-refractivity contribution is -0.148. The van der Waals surface area contributed by atoms with Crippen LogP contribution in [0.5, 0.6) is 0 Å². The van der Waals surface area contributed by atoms with E-state index in [9.17, 15) is 14.7 Å². The molecule has 0 aliphatic carbocycles. The van der Waals surface area contributed by atoms with Gasteiger partial charge in [-0.3, -0.25) is 4.79 Å². The van der Waals surface area contributed by atoms with E-state index in [2.05, 4.69) is 12.2 Å². The molecule has 1 unspecified atom stereocenters. The van der Waals surface area contributed by atoms with E-state index in [1.165, 1.54) is 6.92 Å². The van der Waals surface area contributed by atoms with Crippen LogP contribution in [0.3, 0.4) is 0 Å². The molecule has 18 heavy (non-hydrogen) atoms. The summed E-state index contributed by atoms with van der Waals surface area (Å²) in [4.78, 5) is 22.5. The Labute approximate surface area is 110 Å². The highest BCUT2D eigenvalue weighted by Crippen LogP contribution is 2.22. The molecule has 0 aliphatic heterocycles. The lowest BCUT2D eigenvalue weighted by Crippen LogP contribution is -2.53. The largest absolute Gasteiger partial charge is 0.480 e. The maximum Gasteiger partial charge on any atom is 0.329 e. The van der Waals surface area contributed by atoms with Gasteiger partial charge in [-0.2, -0.15) is 0 Å². The highest BCUT2D eigenvalue weighted by atomic mass is 16.4. The molecule has 0 fully saturated rings. The summed E-state index contributed by atoms with van der Waals surface area (Å²) in [6.45, 7) is 5.43. The average Bonchev–Trinajstić information content (AvgIpc) is 2.23. The van der Waals surface area contributed by atoms with Crippen molar-refractivity contribution in [1.82, 2.24) is 11.5 Å². The summed E-state index contributed by atoms with van der Waals surface area (Å²) in [5.74, 6) is -1.18. The normalized spacial score (nSPS) is 13.3. The second kappa shape index (κ2) is 9.88. The second-order valence-electron chi connectivity index (χ2n) is 4.63. The Kier molecular flexibility index (Phi) is 10.6. The molecule has 5 nitrogen and oxygen atoms in total. The SMILES string of the molecule is CCCCCCC(CCC)(NC(C)=O)C(=O)O.N. The molecule has 0 radical (unpaired) electrons. The first-order valence-corrected chi connectivity index (χ1v) is 6.50. The van der Waals surface area contributed by atoms with Gasteiger partial charge in [0.25, 0.3) is 0 Å². The molecule has 108 valence electrons. The minimum absolute atomic E-state index is 0. The number of hydrogen-bond donors (Lipinski definition) is 3. The van der Waals surface area contributed by atoms with Crippen molar-refractivity contribution in [2.24, 2.45) is 0 Å². The van der Waals surface area contributed by atoms with Crippen LogP contribution in [0.1, 0.15) is 65.7 Å². The maximum absolute atomic E-state index is 11.4. The number of nitrogens with one attached hydrogen (secondary N) is 1. The van der Waals surface area contributed by atoms with Crippen molar-refractivity contribution in [3.63, 3.8) is 0 Å². The van der Waals surface area contributed by atoms with Gasteiger partial charge in [-0.15, -0.1) is 0 Å². The van der Waals surface area contributed by atoms with E-state index in [-0.39, 0.29) is 12.1 Å². The van der Waals surface area contributed by atoms with Gasteiger partial charge < -0.3 is 16.6 Å². The third-order valence-electron chi connectivity index (χ3n) is 2.96. The maximum atomic E-state index is 11.4. The molecule has 0 aromatic heterocycles. The lowest BCUT2D eigenvalue weighted by atomic mass is 9.87. The number of amides is 1. The molecule has 0 heterocycles. The zero-order chi connectivity index (χ0) is 13.3. The van der Waals surface area contributed by atoms with Gasteiger partial charge in [-0.25, -0.2) is 4.79 Å². The van der Waals surface area contributed by atoms with Crippen LogP contribution >= 0.6 is 0 Å². The molecular formula is C13H28N2O3. The molecule has 0 aromatic rings. The number of carboxylic acids is 1. The second-order valence-corrected chi connectivity index (χ2v) is 4.63. The summed E-state index contributed by atoms with van der Waals surface area (Å²) < 4.78 is 0. The van der Waals surface area contributed by atoms with E-state index in [1.54, 1.807) is 0 Å². The number of carboxylic acid groups (broad SMARTS) is 1. The van der Waals surface area contributed by atoms with E-state index < -0.39 is 11.5 Å². The van der Waals surface area contributed by atoms with E-state index in [4.69, 9.17) is 0 Å². The van der Waals surface area contributed by atoms with Crippen LogP contribution < -0.4 is 11.5 Å². The summed E-state index contributed by atoms with van der Waals surface area (Å²) in [7, 11) is 0. The van der Waals surface area contributed by atoms with Crippen molar-refractivity contribution in [2.45, 2.75) is 71.3 Å². The predicted octanol–water partition coefficient (Wildman–Crippen LogP) is 2.88. The first-order valence-electron chi connectivity index (χ1n) is 6.50. The Morgan fingerprint density at radius 1 is 1.06 bits per heavy atom. The van der Waals surface area contributed by atoms with Crippen LogP contribution in [0.2, 0.25) is 0 Å². The van der Waals surface area contributed by atoms with Crippen molar-refractivity contribution in [1.29, 1.82) is 0 Å². The minimum Gasteiger partial charge on any atom is -0.480 e. The quantitative estimate of drug-likeness (QED) is 0.555. The van der Waals surface area contributed by atoms with Gasteiger partial charge in [0.1, 0.15) is 5.54 Å². The number of carbonyl (C=O) groups is 2. The van der Waals surface area contributed by atoms with E-state index in [0.717, 1.165) is 32.1 Å². The third-order valence-corrected chi connectivity index (χ3v) is 2.96. The van der Waals surface area contributed by atoms with Gasteiger partial charge in [0.05, 0.1) is 0 Å². The van der Waals surface area contributed by atoms with Gasteiger partial charge in [0.15, 0.2) is 0 Å². The number of aliphatic carboxylic acids is 1. The molecule has 0 aliphatic rings. The van der Waals surface area contributed by atoms with Crippen LogP contribution in [0, 0.1) is 0 Å². The standard InChI is InChI=1S/C13H25NO3.H3N/c1-4-6-7-8-10-13(9-5-2,12(16)17)14-11(3)15;/h4-10H2,1-3H3,(H,14,15)(H,16,17);1H3. The van der Waals surface area contributed by atoms with Gasteiger partial charge >= 0.3 is 5.97 Å². The van der Waals surface area contributed by atoms with Crippen molar-refractivity contribution in [3.8, 4) is 0 Å². The van der Waals surface area contributed by atoms with Gasteiger partial charge in [-0.05, 0) is 12.8 Å². The summed E-state index contributed by atoms with van der Waals surface area (Å²) in [6.07, 6.45) is 5.87. The van der Waals surface area contributed by atoms with Crippen molar-refractivity contribution in [2.75, 3.05) is 0 Å². The van der Waals surface area contributed by atoms with E-state index in [1.807, 2.05) is 6.92 Å². The molecule has 1 amide bonds. The number of carbonyl (C=O) groups excluding carboxylic acids is 1. The smallest absolute Gasteiger partial charge is 0.329 e. The highest BCUT2D eigenvalue weighted by Gasteiger charge is 2.37. The fourth-order valence-electron chi connectivity index (χ4n) is 2.13. The first-order chi connectivity index (χ1) is 7.98. The fourth-order valence-corrected chi connectivity index (χ4v) is 2.13. The number of rotatable bonds is 9. The average molecular weight is 260 g/mol. The van der Waals surface area contributed by atoms with Gasteiger partial charge in [0, 0.05) is 6.92 Å².